The maximum atomic E-state index is 14.5. The topological polar surface area (TPSA) is 57.5 Å². The highest BCUT2D eigenvalue weighted by molar-refractivity contribution is 7.80. The number of halogens is 1. The normalized spacial score (nSPS) is 14.1. The number of benzene rings is 2. The molecule has 3 aromatic rings. The summed E-state index contributed by atoms with van der Waals surface area (Å²) in [4.78, 5) is 14.4. The molecule has 1 fully saturated rings. The molecule has 1 aliphatic heterocycles. The van der Waals surface area contributed by atoms with Crippen LogP contribution in [0.25, 0.3) is 11.0 Å². The molecule has 1 amide bonds. The van der Waals surface area contributed by atoms with Crippen LogP contribution in [0.5, 0.6) is 0 Å². The molecule has 1 aromatic heterocycles. The number of carbonyl (C=O) groups is 1. The molecule has 28 heavy (non-hydrogen) atoms. The lowest BCUT2D eigenvalue weighted by Crippen LogP contribution is -2.34. The standard InChI is InChI=1S/C21H20FN3O2S/c22-16-13-15(8-9-17(16)25-10-4-1-5-11-25)23-21(28)24-20(26)19-12-14-6-2-3-7-18(14)27-19/h2-3,6-9,12-13H,1,4-5,10-11H2,(H2,23,24,26,28). The summed E-state index contributed by atoms with van der Waals surface area (Å²) < 4.78 is 20.0. The van der Waals surface area contributed by atoms with E-state index < -0.39 is 5.91 Å². The van der Waals surface area contributed by atoms with Gasteiger partial charge >= 0.3 is 0 Å². The molecule has 0 spiro atoms. The van der Waals surface area contributed by atoms with Gasteiger partial charge in [0, 0.05) is 24.2 Å². The molecule has 0 aliphatic carbocycles. The molecule has 4 rings (SSSR count). The van der Waals surface area contributed by atoms with Crippen LogP contribution in [0, 0.1) is 5.82 Å². The van der Waals surface area contributed by atoms with Gasteiger partial charge in [-0.3, -0.25) is 10.1 Å². The predicted octanol–water partition coefficient (Wildman–Crippen LogP) is 4.69. The summed E-state index contributed by atoms with van der Waals surface area (Å²) in [5.41, 5.74) is 1.71. The van der Waals surface area contributed by atoms with Crippen LogP contribution >= 0.6 is 12.2 Å². The molecule has 0 unspecified atom stereocenters. The van der Waals surface area contributed by atoms with Crippen LogP contribution in [-0.2, 0) is 0 Å². The van der Waals surface area contributed by atoms with Crippen LogP contribution in [0.4, 0.5) is 15.8 Å². The molecule has 2 heterocycles. The van der Waals surface area contributed by atoms with E-state index in [1.807, 2.05) is 18.2 Å². The van der Waals surface area contributed by atoms with E-state index in [2.05, 4.69) is 15.5 Å². The van der Waals surface area contributed by atoms with Crippen LogP contribution < -0.4 is 15.5 Å². The van der Waals surface area contributed by atoms with E-state index in [4.69, 9.17) is 16.6 Å². The third kappa shape index (κ3) is 3.99. The second-order valence-corrected chi connectivity index (χ2v) is 7.18. The van der Waals surface area contributed by atoms with E-state index in [0.29, 0.717) is 17.0 Å². The highest BCUT2D eigenvalue weighted by Crippen LogP contribution is 2.26. The quantitative estimate of drug-likeness (QED) is 0.628. The SMILES string of the molecule is O=C(NC(=S)Nc1ccc(N2CCCCC2)c(F)c1)c1cc2ccccc2o1. The van der Waals surface area contributed by atoms with Crippen molar-refractivity contribution in [3.8, 4) is 0 Å². The third-order valence-electron chi connectivity index (χ3n) is 4.78. The van der Waals surface area contributed by atoms with Crippen LogP contribution in [-0.4, -0.2) is 24.1 Å². The maximum absolute atomic E-state index is 14.5. The van der Waals surface area contributed by atoms with Gasteiger partial charge in [-0.15, -0.1) is 0 Å². The second kappa shape index (κ2) is 7.98. The van der Waals surface area contributed by atoms with Gasteiger partial charge in [0.05, 0.1) is 5.69 Å². The van der Waals surface area contributed by atoms with Gasteiger partial charge in [-0.25, -0.2) is 4.39 Å². The van der Waals surface area contributed by atoms with Crippen molar-refractivity contribution in [3.63, 3.8) is 0 Å². The first kappa shape index (κ1) is 18.4. The van der Waals surface area contributed by atoms with Crippen molar-refractivity contribution in [2.24, 2.45) is 0 Å². The number of furan rings is 1. The fraction of sp³-hybridized carbons (Fsp3) is 0.238. The van der Waals surface area contributed by atoms with Crippen LogP contribution in [0.15, 0.2) is 52.9 Å². The fourth-order valence-corrected chi connectivity index (χ4v) is 3.61. The minimum Gasteiger partial charge on any atom is -0.451 e. The molecule has 0 saturated carbocycles. The number of amides is 1. The molecule has 1 saturated heterocycles. The fourth-order valence-electron chi connectivity index (χ4n) is 3.40. The minimum atomic E-state index is -0.459. The molecule has 0 atom stereocenters. The summed E-state index contributed by atoms with van der Waals surface area (Å²) in [5.74, 6) is -0.602. The third-order valence-corrected chi connectivity index (χ3v) is 4.98. The van der Waals surface area contributed by atoms with Gasteiger partial charge in [0.2, 0.25) is 0 Å². The first-order valence-electron chi connectivity index (χ1n) is 9.25. The summed E-state index contributed by atoms with van der Waals surface area (Å²) >= 11 is 5.18. The lowest BCUT2D eigenvalue weighted by atomic mass is 10.1. The Morgan fingerprint density at radius 3 is 2.61 bits per heavy atom. The molecule has 1 aliphatic rings. The number of hydrogen-bond donors (Lipinski definition) is 2. The number of nitrogens with one attached hydrogen (secondary N) is 2. The highest BCUT2D eigenvalue weighted by Gasteiger charge is 2.16. The molecule has 7 heteroatoms. The van der Waals surface area contributed by atoms with E-state index in [1.165, 1.54) is 12.5 Å². The zero-order chi connectivity index (χ0) is 19.5. The molecule has 144 valence electrons. The number of rotatable bonds is 3. The van der Waals surface area contributed by atoms with Gasteiger partial charge in [0.15, 0.2) is 10.9 Å². The van der Waals surface area contributed by atoms with Crippen molar-refractivity contribution in [1.29, 1.82) is 0 Å². The number of thiocarbonyl (C=S) groups is 1. The summed E-state index contributed by atoms with van der Waals surface area (Å²) in [6.45, 7) is 1.74. The molecular weight excluding hydrogens is 377 g/mol. The highest BCUT2D eigenvalue weighted by atomic mass is 32.1. The van der Waals surface area contributed by atoms with Gasteiger partial charge in [-0.05, 0) is 61.8 Å². The number of piperidine rings is 1. The second-order valence-electron chi connectivity index (χ2n) is 6.77. The Morgan fingerprint density at radius 1 is 1.07 bits per heavy atom. The van der Waals surface area contributed by atoms with E-state index >= 15 is 0 Å². The number of para-hydroxylation sites is 1. The summed E-state index contributed by atoms with van der Waals surface area (Å²) in [7, 11) is 0. The average molecular weight is 397 g/mol. The Kier molecular flexibility index (Phi) is 5.25. The molecule has 5 nitrogen and oxygen atoms in total. The largest absolute Gasteiger partial charge is 0.451 e. The first-order chi connectivity index (χ1) is 13.6. The van der Waals surface area contributed by atoms with E-state index in [1.54, 1.807) is 24.3 Å². The zero-order valence-corrected chi connectivity index (χ0v) is 16.0. The Bertz CT molecular complexity index is 994. The average Bonchev–Trinajstić information content (AvgIpc) is 3.13. The van der Waals surface area contributed by atoms with Gasteiger partial charge in [-0.1, -0.05) is 18.2 Å². The predicted molar refractivity (Wildman–Crippen MR) is 112 cm³/mol. The molecular formula is C21H20FN3O2S. The lowest BCUT2D eigenvalue weighted by Gasteiger charge is -2.29. The maximum Gasteiger partial charge on any atom is 0.293 e. The Labute approximate surface area is 167 Å². The Hall–Kier alpha value is -2.93. The van der Waals surface area contributed by atoms with Gasteiger partial charge < -0.3 is 14.6 Å². The monoisotopic (exact) mass is 397 g/mol. The smallest absolute Gasteiger partial charge is 0.293 e. The van der Waals surface area contributed by atoms with Crippen molar-refractivity contribution in [2.45, 2.75) is 19.3 Å². The van der Waals surface area contributed by atoms with Crippen molar-refractivity contribution in [3.05, 3.63) is 60.1 Å². The number of fused-ring (bicyclic) bond motifs is 1. The molecule has 2 N–H and O–H groups in total. The van der Waals surface area contributed by atoms with Gasteiger partial charge in [0.1, 0.15) is 11.4 Å². The van der Waals surface area contributed by atoms with Crippen molar-refractivity contribution < 1.29 is 13.6 Å². The van der Waals surface area contributed by atoms with Crippen LogP contribution in [0.1, 0.15) is 29.8 Å². The first-order valence-corrected chi connectivity index (χ1v) is 9.66. The number of carbonyl (C=O) groups excluding carboxylic acids is 1. The summed E-state index contributed by atoms with van der Waals surface area (Å²) in [6, 6.07) is 13.9. The zero-order valence-electron chi connectivity index (χ0n) is 15.2. The molecule has 0 bridgehead atoms. The van der Waals surface area contributed by atoms with E-state index in [0.717, 1.165) is 31.3 Å². The number of anilines is 2. The van der Waals surface area contributed by atoms with E-state index in [9.17, 15) is 9.18 Å². The van der Waals surface area contributed by atoms with Gasteiger partial charge in [0.25, 0.3) is 5.91 Å². The Balaban J connectivity index is 1.40. The van der Waals surface area contributed by atoms with Crippen molar-refractivity contribution >= 4 is 45.6 Å². The molecule has 0 radical (unpaired) electrons. The van der Waals surface area contributed by atoms with Crippen molar-refractivity contribution in [2.75, 3.05) is 23.3 Å². The summed E-state index contributed by atoms with van der Waals surface area (Å²) in [5, 5.41) is 6.32. The number of hydrogen-bond acceptors (Lipinski definition) is 4. The van der Waals surface area contributed by atoms with Crippen LogP contribution in [0.2, 0.25) is 0 Å². The minimum absolute atomic E-state index is 0.0792. The molecule has 2 aromatic carbocycles. The Morgan fingerprint density at radius 2 is 1.86 bits per heavy atom. The van der Waals surface area contributed by atoms with Crippen LogP contribution in [0.3, 0.4) is 0 Å². The van der Waals surface area contributed by atoms with E-state index in [-0.39, 0.29) is 16.7 Å². The van der Waals surface area contributed by atoms with Crippen molar-refractivity contribution in [1.82, 2.24) is 5.32 Å². The lowest BCUT2D eigenvalue weighted by molar-refractivity contribution is 0.0953. The van der Waals surface area contributed by atoms with Gasteiger partial charge in [-0.2, -0.15) is 0 Å². The number of nitrogens with zero attached hydrogens (tertiary/aromatic N) is 1. The summed E-state index contributed by atoms with van der Waals surface area (Å²) in [6.07, 6.45) is 3.35.